The minimum atomic E-state index is -0.435. The fourth-order valence-corrected chi connectivity index (χ4v) is 1.95. The van der Waals surface area contributed by atoms with Crippen molar-refractivity contribution < 1.29 is 9.45 Å². The molecule has 0 saturated heterocycles. The van der Waals surface area contributed by atoms with Crippen LogP contribution >= 0.6 is 15.9 Å². The topological polar surface area (TPSA) is 81.2 Å². The van der Waals surface area contributed by atoms with Gasteiger partial charge in [-0.15, -0.1) is 0 Å². The minimum absolute atomic E-state index is 0.0460. The van der Waals surface area contributed by atoms with Gasteiger partial charge in [0.2, 0.25) is 0 Å². The number of benzene rings is 1. The van der Waals surface area contributed by atoms with Crippen LogP contribution in [0.4, 0.5) is 11.4 Å². The molecule has 2 rings (SSSR count). The molecule has 2 aromatic rings. The number of aromatic nitrogens is 1. The highest BCUT2D eigenvalue weighted by molar-refractivity contribution is 9.10. The van der Waals surface area contributed by atoms with Gasteiger partial charge < -0.3 is 9.84 Å². The van der Waals surface area contributed by atoms with Crippen LogP contribution < -0.4 is 5.32 Å². The molecule has 0 atom stereocenters. The molecule has 0 bridgehead atoms. The lowest BCUT2D eigenvalue weighted by Crippen LogP contribution is -2.00. The van der Waals surface area contributed by atoms with Gasteiger partial charge in [-0.1, -0.05) is 5.16 Å². The van der Waals surface area contributed by atoms with Gasteiger partial charge in [-0.25, -0.2) is 0 Å². The van der Waals surface area contributed by atoms with Crippen LogP contribution in [-0.4, -0.2) is 10.1 Å². The SMILES string of the molecule is Cc1cc(CNc2ccc([N+](=O)[O-])cc2Br)no1. The van der Waals surface area contributed by atoms with E-state index in [9.17, 15) is 10.1 Å². The van der Waals surface area contributed by atoms with E-state index in [-0.39, 0.29) is 5.69 Å². The number of hydrogen-bond donors (Lipinski definition) is 1. The van der Waals surface area contributed by atoms with Gasteiger partial charge in [0.25, 0.3) is 5.69 Å². The van der Waals surface area contributed by atoms with Gasteiger partial charge >= 0.3 is 0 Å². The summed E-state index contributed by atoms with van der Waals surface area (Å²) in [7, 11) is 0. The van der Waals surface area contributed by atoms with Crippen molar-refractivity contribution in [3.8, 4) is 0 Å². The van der Waals surface area contributed by atoms with Crippen molar-refractivity contribution in [2.45, 2.75) is 13.5 Å². The van der Waals surface area contributed by atoms with Gasteiger partial charge in [0.1, 0.15) is 11.5 Å². The van der Waals surface area contributed by atoms with Crippen LogP contribution in [0.5, 0.6) is 0 Å². The molecule has 0 amide bonds. The van der Waals surface area contributed by atoms with E-state index in [4.69, 9.17) is 4.52 Å². The summed E-state index contributed by atoms with van der Waals surface area (Å²) in [5.41, 5.74) is 1.59. The number of nitrogens with one attached hydrogen (secondary N) is 1. The summed E-state index contributed by atoms with van der Waals surface area (Å²) in [4.78, 5) is 10.2. The fourth-order valence-electron chi connectivity index (χ4n) is 1.45. The largest absolute Gasteiger partial charge is 0.378 e. The summed E-state index contributed by atoms with van der Waals surface area (Å²) in [5.74, 6) is 0.745. The molecule has 7 heteroatoms. The van der Waals surface area contributed by atoms with Crippen LogP contribution in [-0.2, 0) is 6.54 Å². The first kappa shape index (κ1) is 12.6. The summed E-state index contributed by atoms with van der Waals surface area (Å²) < 4.78 is 5.58. The quantitative estimate of drug-likeness (QED) is 0.692. The van der Waals surface area contributed by atoms with E-state index in [1.54, 1.807) is 6.07 Å². The Balaban J connectivity index is 2.08. The number of nitro groups is 1. The zero-order valence-corrected chi connectivity index (χ0v) is 11.1. The molecule has 18 heavy (non-hydrogen) atoms. The number of rotatable bonds is 4. The third-order valence-corrected chi connectivity index (χ3v) is 2.96. The van der Waals surface area contributed by atoms with Crippen molar-refractivity contribution in [3.63, 3.8) is 0 Å². The number of non-ortho nitro benzene ring substituents is 1. The van der Waals surface area contributed by atoms with Crippen molar-refractivity contribution >= 4 is 27.3 Å². The fraction of sp³-hybridized carbons (Fsp3) is 0.182. The summed E-state index contributed by atoms with van der Waals surface area (Å²) in [6.07, 6.45) is 0. The lowest BCUT2D eigenvalue weighted by molar-refractivity contribution is -0.384. The minimum Gasteiger partial charge on any atom is -0.378 e. The van der Waals surface area contributed by atoms with Crippen LogP contribution in [0.15, 0.2) is 33.3 Å². The lowest BCUT2D eigenvalue weighted by Gasteiger charge is -2.06. The molecule has 0 aliphatic heterocycles. The number of aryl methyl sites for hydroxylation is 1. The molecule has 0 saturated carbocycles. The van der Waals surface area contributed by atoms with Gasteiger partial charge in [-0.2, -0.15) is 0 Å². The normalized spacial score (nSPS) is 10.3. The van der Waals surface area contributed by atoms with Crippen molar-refractivity contribution in [2.24, 2.45) is 0 Å². The Morgan fingerprint density at radius 1 is 1.50 bits per heavy atom. The Labute approximate surface area is 111 Å². The Morgan fingerprint density at radius 2 is 2.28 bits per heavy atom. The van der Waals surface area contributed by atoms with E-state index in [1.807, 2.05) is 13.0 Å². The maximum atomic E-state index is 10.6. The zero-order valence-electron chi connectivity index (χ0n) is 9.51. The molecule has 0 aliphatic carbocycles. The molecular weight excluding hydrogens is 302 g/mol. The van der Waals surface area contributed by atoms with Crippen molar-refractivity contribution in [3.05, 3.63) is 50.3 Å². The number of halogens is 1. The molecule has 94 valence electrons. The van der Waals surface area contributed by atoms with Gasteiger partial charge in [-0.3, -0.25) is 10.1 Å². The van der Waals surface area contributed by atoms with Crippen molar-refractivity contribution in [1.82, 2.24) is 5.16 Å². The standard InChI is InChI=1S/C11H10BrN3O3/c1-7-4-8(14-18-7)6-13-11-3-2-9(15(16)17)5-10(11)12/h2-5,13H,6H2,1H3. The van der Waals surface area contributed by atoms with Gasteiger partial charge in [-0.05, 0) is 28.9 Å². The van der Waals surface area contributed by atoms with E-state index >= 15 is 0 Å². The molecule has 0 radical (unpaired) electrons. The van der Waals surface area contributed by atoms with Crippen LogP contribution in [0, 0.1) is 17.0 Å². The highest BCUT2D eigenvalue weighted by Crippen LogP contribution is 2.27. The zero-order chi connectivity index (χ0) is 13.1. The molecule has 1 heterocycles. The van der Waals surface area contributed by atoms with E-state index in [0.29, 0.717) is 11.0 Å². The third kappa shape index (κ3) is 2.86. The van der Waals surface area contributed by atoms with Gasteiger partial charge in [0.05, 0.1) is 11.5 Å². The summed E-state index contributed by atoms with van der Waals surface area (Å²) >= 11 is 3.28. The second kappa shape index (κ2) is 5.18. The predicted molar refractivity (Wildman–Crippen MR) is 69.4 cm³/mol. The summed E-state index contributed by atoms with van der Waals surface area (Å²) in [6.45, 7) is 2.31. The highest BCUT2D eigenvalue weighted by Gasteiger charge is 2.09. The van der Waals surface area contributed by atoms with E-state index < -0.39 is 4.92 Å². The van der Waals surface area contributed by atoms with E-state index in [2.05, 4.69) is 26.4 Å². The molecule has 1 aromatic heterocycles. The van der Waals surface area contributed by atoms with Gasteiger partial charge in [0, 0.05) is 28.4 Å². The summed E-state index contributed by atoms with van der Waals surface area (Å²) in [5, 5.41) is 17.6. The molecule has 6 nitrogen and oxygen atoms in total. The van der Waals surface area contributed by atoms with Crippen molar-refractivity contribution in [2.75, 3.05) is 5.32 Å². The summed E-state index contributed by atoms with van der Waals surface area (Å²) in [6, 6.07) is 6.37. The Hall–Kier alpha value is -1.89. The molecule has 0 aliphatic rings. The smallest absolute Gasteiger partial charge is 0.270 e. The predicted octanol–water partition coefficient (Wildman–Crippen LogP) is 3.27. The maximum Gasteiger partial charge on any atom is 0.270 e. The molecule has 1 aromatic carbocycles. The first-order valence-corrected chi connectivity index (χ1v) is 5.95. The number of anilines is 1. The molecule has 1 N–H and O–H groups in total. The first-order valence-electron chi connectivity index (χ1n) is 5.16. The molecule has 0 spiro atoms. The van der Waals surface area contributed by atoms with Gasteiger partial charge in [0.15, 0.2) is 0 Å². The highest BCUT2D eigenvalue weighted by atomic mass is 79.9. The number of hydrogen-bond acceptors (Lipinski definition) is 5. The second-order valence-corrected chi connectivity index (χ2v) is 4.56. The van der Waals surface area contributed by atoms with Crippen LogP contribution in [0.2, 0.25) is 0 Å². The number of nitro benzene ring substituents is 1. The molecular formula is C11H10BrN3O3. The average molecular weight is 312 g/mol. The molecule has 0 fully saturated rings. The Bertz CT molecular complexity index is 583. The number of nitrogens with zero attached hydrogens (tertiary/aromatic N) is 2. The Kier molecular flexibility index (Phi) is 3.61. The monoisotopic (exact) mass is 311 g/mol. The van der Waals surface area contributed by atoms with E-state index in [0.717, 1.165) is 17.1 Å². The first-order chi connectivity index (χ1) is 8.56. The van der Waals surface area contributed by atoms with Crippen molar-refractivity contribution in [1.29, 1.82) is 0 Å². The van der Waals surface area contributed by atoms with E-state index in [1.165, 1.54) is 12.1 Å². The average Bonchev–Trinajstić information content (AvgIpc) is 2.73. The third-order valence-electron chi connectivity index (χ3n) is 2.30. The maximum absolute atomic E-state index is 10.6. The molecule has 0 unspecified atom stereocenters. The van der Waals surface area contributed by atoms with Crippen LogP contribution in [0.3, 0.4) is 0 Å². The Morgan fingerprint density at radius 3 is 2.83 bits per heavy atom. The second-order valence-electron chi connectivity index (χ2n) is 3.70. The van der Waals surface area contributed by atoms with Crippen LogP contribution in [0.25, 0.3) is 0 Å². The lowest BCUT2D eigenvalue weighted by atomic mass is 10.2. The van der Waals surface area contributed by atoms with Crippen LogP contribution in [0.1, 0.15) is 11.5 Å².